The Morgan fingerprint density at radius 3 is 2.53 bits per heavy atom. The second-order valence-electron chi connectivity index (χ2n) is 3.80. The summed E-state index contributed by atoms with van der Waals surface area (Å²) in [7, 11) is 0. The van der Waals surface area contributed by atoms with E-state index >= 15 is 0 Å². The van der Waals surface area contributed by atoms with Gasteiger partial charge in [0.2, 0.25) is 5.43 Å². The van der Waals surface area contributed by atoms with Gasteiger partial charge in [-0.05, 0) is 0 Å². The van der Waals surface area contributed by atoms with Crippen LogP contribution in [0.25, 0.3) is 5.52 Å². The quantitative estimate of drug-likeness (QED) is 0.645. The smallest absolute Gasteiger partial charge is 0.341 e. The van der Waals surface area contributed by atoms with Crippen molar-refractivity contribution in [3.8, 4) is 5.75 Å². The maximum atomic E-state index is 12.0. The minimum absolute atomic E-state index is 0.00362. The SMILES string of the molecule is O=C(O)c1cn2ccn(CCO)c(=O)c2c(O)c1=O. The molecular formula is C11H10N2O6. The van der Waals surface area contributed by atoms with E-state index in [1.807, 2.05) is 0 Å². The fraction of sp³-hybridized carbons (Fsp3) is 0.182. The van der Waals surface area contributed by atoms with E-state index in [0.29, 0.717) is 0 Å². The van der Waals surface area contributed by atoms with Gasteiger partial charge in [0.25, 0.3) is 5.56 Å². The zero-order valence-electron chi connectivity index (χ0n) is 9.61. The molecule has 0 saturated carbocycles. The Morgan fingerprint density at radius 1 is 1.26 bits per heavy atom. The summed E-state index contributed by atoms with van der Waals surface area (Å²) in [5, 5.41) is 27.3. The summed E-state index contributed by atoms with van der Waals surface area (Å²) < 4.78 is 2.17. The van der Waals surface area contributed by atoms with Gasteiger partial charge in [0.05, 0.1) is 6.61 Å². The fourth-order valence-electron chi connectivity index (χ4n) is 1.74. The number of pyridine rings is 1. The molecule has 0 aromatic carbocycles. The first-order valence-electron chi connectivity index (χ1n) is 5.29. The second kappa shape index (κ2) is 4.58. The third kappa shape index (κ3) is 1.97. The van der Waals surface area contributed by atoms with Crippen LogP contribution in [-0.4, -0.2) is 36.9 Å². The minimum Gasteiger partial charge on any atom is -0.503 e. The normalized spacial score (nSPS) is 10.8. The van der Waals surface area contributed by atoms with Crippen molar-refractivity contribution in [2.75, 3.05) is 6.61 Å². The average Bonchev–Trinajstić information content (AvgIpc) is 2.36. The fourth-order valence-corrected chi connectivity index (χ4v) is 1.74. The zero-order valence-corrected chi connectivity index (χ0v) is 9.61. The Hall–Kier alpha value is -2.61. The van der Waals surface area contributed by atoms with E-state index in [2.05, 4.69) is 0 Å². The topological polar surface area (TPSA) is 121 Å². The molecule has 0 fully saturated rings. The molecule has 0 aliphatic rings. The summed E-state index contributed by atoms with van der Waals surface area (Å²) >= 11 is 0. The molecule has 0 unspecified atom stereocenters. The van der Waals surface area contributed by atoms with E-state index < -0.39 is 28.3 Å². The number of aromatic hydroxyl groups is 1. The maximum Gasteiger partial charge on any atom is 0.341 e. The molecule has 0 saturated heterocycles. The molecule has 2 aromatic rings. The largest absolute Gasteiger partial charge is 0.503 e. The number of fused-ring (bicyclic) bond motifs is 1. The number of carboxylic acid groups (broad SMARTS) is 1. The van der Waals surface area contributed by atoms with E-state index in [1.54, 1.807) is 0 Å². The van der Waals surface area contributed by atoms with Crippen LogP contribution in [0.1, 0.15) is 10.4 Å². The van der Waals surface area contributed by atoms with Gasteiger partial charge in [0, 0.05) is 25.1 Å². The molecule has 2 rings (SSSR count). The summed E-state index contributed by atoms with van der Waals surface area (Å²) in [5.41, 5.74) is -2.77. The summed E-state index contributed by atoms with van der Waals surface area (Å²) in [6, 6.07) is 0. The van der Waals surface area contributed by atoms with Crippen molar-refractivity contribution in [2.24, 2.45) is 0 Å². The first kappa shape index (κ1) is 12.8. The molecular weight excluding hydrogens is 256 g/mol. The molecule has 3 N–H and O–H groups in total. The number of hydrogen-bond acceptors (Lipinski definition) is 5. The summed E-state index contributed by atoms with van der Waals surface area (Å²) in [6.07, 6.45) is 3.60. The predicted octanol–water partition coefficient (Wildman–Crippen LogP) is -1.14. The monoisotopic (exact) mass is 266 g/mol. The third-order valence-electron chi connectivity index (χ3n) is 2.65. The number of aromatic carboxylic acids is 1. The molecule has 0 aliphatic heterocycles. The van der Waals surface area contributed by atoms with Crippen LogP contribution in [0.15, 0.2) is 28.2 Å². The first-order chi connectivity index (χ1) is 8.97. The number of carboxylic acids is 1. The molecule has 0 amide bonds. The Morgan fingerprint density at radius 2 is 1.95 bits per heavy atom. The van der Waals surface area contributed by atoms with E-state index in [-0.39, 0.29) is 18.7 Å². The lowest BCUT2D eigenvalue weighted by Gasteiger charge is -2.08. The number of rotatable bonds is 3. The Labute approximate surface area is 105 Å². The van der Waals surface area contributed by atoms with Crippen molar-refractivity contribution in [1.29, 1.82) is 0 Å². The highest BCUT2D eigenvalue weighted by molar-refractivity contribution is 5.88. The van der Waals surface area contributed by atoms with E-state index in [1.165, 1.54) is 12.4 Å². The minimum atomic E-state index is -1.49. The van der Waals surface area contributed by atoms with Gasteiger partial charge in [-0.15, -0.1) is 0 Å². The van der Waals surface area contributed by atoms with E-state index in [9.17, 15) is 19.5 Å². The van der Waals surface area contributed by atoms with Gasteiger partial charge in [-0.25, -0.2) is 4.79 Å². The summed E-state index contributed by atoms with van der Waals surface area (Å²) in [5.74, 6) is -2.41. The standard InChI is InChI=1S/C11H10N2O6/c14-4-3-12-1-2-13-5-6(11(18)19)8(15)9(16)7(13)10(12)17/h1-2,5,14,16H,3-4H2,(H,18,19). The number of carbonyl (C=O) groups is 1. The van der Waals surface area contributed by atoms with Gasteiger partial charge in [-0.3, -0.25) is 9.59 Å². The molecule has 0 bridgehead atoms. The first-order valence-corrected chi connectivity index (χ1v) is 5.29. The van der Waals surface area contributed by atoms with Crippen molar-refractivity contribution in [2.45, 2.75) is 6.54 Å². The molecule has 8 nitrogen and oxygen atoms in total. The molecule has 2 heterocycles. The second-order valence-corrected chi connectivity index (χ2v) is 3.80. The van der Waals surface area contributed by atoms with Crippen LogP contribution in [0, 0.1) is 0 Å². The van der Waals surface area contributed by atoms with Crippen molar-refractivity contribution in [1.82, 2.24) is 8.97 Å². The van der Waals surface area contributed by atoms with Gasteiger partial charge in [-0.1, -0.05) is 0 Å². The van der Waals surface area contributed by atoms with E-state index in [4.69, 9.17) is 10.2 Å². The van der Waals surface area contributed by atoms with Crippen molar-refractivity contribution >= 4 is 11.5 Å². The average molecular weight is 266 g/mol. The highest BCUT2D eigenvalue weighted by Crippen LogP contribution is 2.10. The molecule has 8 heteroatoms. The molecule has 19 heavy (non-hydrogen) atoms. The molecule has 0 spiro atoms. The van der Waals surface area contributed by atoms with E-state index in [0.717, 1.165) is 15.2 Å². The summed E-state index contributed by atoms with van der Waals surface area (Å²) in [4.78, 5) is 34.4. The van der Waals surface area contributed by atoms with Gasteiger partial charge in [0.1, 0.15) is 5.56 Å². The molecule has 2 aromatic heterocycles. The zero-order chi connectivity index (χ0) is 14.2. The van der Waals surface area contributed by atoms with Crippen LogP contribution in [0.3, 0.4) is 0 Å². The summed E-state index contributed by atoms with van der Waals surface area (Å²) in [6.45, 7) is -0.280. The highest BCUT2D eigenvalue weighted by Gasteiger charge is 2.18. The van der Waals surface area contributed by atoms with Crippen molar-refractivity contribution in [3.63, 3.8) is 0 Å². The van der Waals surface area contributed by atoms with Gasteiger partial charge >= 0.3 is 5.97 Å². The molecule has 0 atom stereocenters. The van der Waals surface area contributed by atoms with Crippen LogP contribution in [0.2, 0.25) is 0 Å². The number of aliphatic hydroxyl groups excluding tert-OH is 1. The van der Waals surface area contributed by atoms with Gasteiger partial charge in [0.15, 0.2) is 11.3 Å². The highest BCUT2D eigenvalue weighted by atomic mass is 16.4. The van der Waals surface area contributed by atoms with Gasteiger partial charge in [-0.2, -0.15) is 0 Å². The lowest BCUT2D eigenvalue weighted by molar-refractivity contribution is 0.0694. The van der Waals surface area contributed by atoms with Crippen LogP contribution in [-0.2, 0) is 6.54 Å². The van der Waals surface area contributed by atoms with Crippen molar-refractivity contribution in [3.05, 3.63) is 44.7 Å². The molecule has 0 aliphatic carbocycles. The lowest BCUT2D eigenvalue weighted by Crippen LogP contribution is -2.26. The van der Waals surface area contributed by atoms with Crippen LogP contribution in [0.4, 0.5) is 0 Å². The van der Waals surface area contributed by atoms with Gasteiger partial charge < -0.3 is 24.3 Å². The number of aliphatic hydroxyl groups is 1. The molecule has 100 valence electrons. The number of aromatic nitrogens is 2. The lowest BCUT2D eigenvalue weighted by atomic mass is 10.2. The third-order valence-corrected chi connectivity index (χ3v) is 2.65. The van der Waals surface area contributed by atoms with Crippen molar-refractivity contribution < 1.29 is 20.1 Å². The van der Waals surface area contributed by atoms with Crippen LogP contribution < -0.4 is 11.0 Å². The van der Waals surface area contributed by atoms with Crippen LogP contribution >= 0.6 is 0 Å². The molecule has 0 radical (unpaired) electrons. The number of hydrogen-bond donors (Lipinski definition) is 3. The Kier molecular flexibility index (Phi) is 3.09. The Bertz CT molecular complexity index is 773. The predicted molar refractivity (Wildman–Crippen MR) is 63.6 cm³/mol. The Balaban J connectivity index is 2.90. The van der Waals surface area contributed by atoms with Crippen LogP contribution in [0.5, 0.6) is 5.75 Å². The number of nitrogens with zero attached hydrogens (tertiary/aromatic N) is 2. The maximum absolute atomic E-state index is 12.0.